The maximum Gasteiger partial charge on any atom is 0.117 e. The summed E-state index contributed by atoms with van der Waals surface area (Å²) in [7, 11) is 2.02. The van der Waals surface area contributed by atoms with E-state index in [2.05, 4.69) is 16.7 Å². The molecule has 2 atom stereocenters. The molecule has 0 aliphatic carbocycles. The number of alkyl halides is 1. The van der Waals surface area contributed by atoms with E-state index in [1.165, 1.54) is 25.9 Å². The Morgan fingerprint density at radius 3 is 2.44 bits per heavy atom. The summed E-state index contributed by atoms with van der Waals surface area (Å²) < 4.78 is 13.9. The Bertz CT molecular complexity index is 214. The number of hydrogen-bond acceptors (Lipinski definition) is 2. The van der Waals surface area contributed by atoms with Gasteiger partial charge in [-0.25, -0.2) is 4.39 Å². The molecule has 2 fully saturated rings. The van der Waals surface area contributed by atoms with Crippen LogP contribution in [-0.2, 0) is 0 Å². The predicted molar refractivity (Wildman–Crippen MR) is 65.3 cm³/mol. The van der Waals surface area contributed by atoms with Gasteiger partial charge >= 0.3 is 0 Å². The van der Waals surface area contributed by atoms with Gasteiger partial charge in [-0.2, -0.15) is 0 Å². The lowest BCUT2D eigenvalue weighted by molar-refractivity contribution is 0.0634. The molecule has 0 aromatic heterocycles. The van der Waals surface area contributed by atoms with Gasteiger partial charge in [0.05, 0.1) is 0 Å². The molecule has 0 saturated carbocycles. The van der Waals surface area contributed by atoms with Gasteiger partial charge in [-0.3, -0.25) is 0 Å². The predicted octanol–water partition coefficient (Wildman–Crippen LogP) is 2.01. The van der Waals surface area contributed by atoms with E-state index >= 15 is 0 Å². The molecule has 3 heteroatoms. The summed E-state index contributed by atoms with van der Waals surface area (Å²) >= 11 is 0. The Hall–Kier alpha value is -0.150. The van der Waals surface area contributed by atoms with Crippen LogP contribution in [0.5, 0.6) is 0 Å². The minimum absolute atomic E-state index is 0.282. The summed E-state index contributed by atoms with van der Waals surface area (Å²) in [4.78, 5) is 4.59. The SMILES string of the molecule is CC1CCN(C[C@H]2CCN(C)C[C@H]2F)CC1. The van der Waals surface area contributed by atoms with Crippen LogP contribution in [0, 0.1) is 11.8 Å². The first kappa shape index (κ1) is 12.3. The van der Waals surface area contributed by atoms with Crippen molar-refractivity contribution in [1.82, 2.24) is 9.80 Å². The number of piperidine rings is 2. The van der Waals surface area contributed by atoms with Gasteiger partial charge in [0.1, 0.15) is 6.17 Å². The minimum Gasteiger partial charge on any atom is -0.303 e. The second-order valence-corrected chi connectivity index (χ2v) is 5.81. The molecule has 2 heterocycles. The van der Waals surface area contributed by atoms with Crippen LogP contribution < -0.4 is 0 Å². The van der Waals surface area contributed by atoms with Crippen molar-refractivity contribution in [1.29, 1.82) is 0 Å². The average molecular weight is 228 g/mol. The smallest absolute Gasteiger partial charge is 0.117 e. The second-order valence-electron chi connectivity index (χ2n) is 5.81. The third-order valence-corrected chi connectivity index (χ3v) is 4.25. The van der Waals surface area contributed by atoms with Crippen molar-refractivity contribution in [2.75, 3.05) is 39.8 Å². The highest BCUT2D eigenvalue weighted by Gasteiger charge is 2.29. The Morgan fingerprint density at radius 2 is 1.81 bits per heavy atom. The van der Waals surface area contributed by atoms with Gasteiger partial charge in [0.2, 0.25) is 0 Å². The number of rotatable bonds is 2. The quantitative estimate of drug-likeness (QED) is 0.713. The molecular formula is C13H25FN2. The van der Waals surface area contributed by atoms with Crippen LogP contribution >= 0.6 is 0 Å². The highest BCUT2D eigenvalue weighted by atomic mass is 19.1. The van der Waals surface area contributed by atoms with Gasteiger partial charge in [0.15, 0.2) is 0 Å². The van der Waals surface area contributed by atoms with Crippen LogP contribution in [0.25, 0.3) is 0 Å². The Kier molecular flexibility index (Phi) is 4.20. The number of nitrogens with zero attached hydrogens (tertiary/aromatic N) is 2. The number of hydrogen-bond donors (Lipinski definition) is 0. The highest BCUT2D eigenvalue weighted by molar-refractivity contribution is 4.82. The fourth-order valence-electron chi connectivity index (χ4n) is 2.89. The average Bonchev–Trinajstić information content (AvgIpc) is 2.25. The van der Waals surface area contributed by atoms with Crippen molar-refractivity contribution in [3.05, 3.63) is 0 Å². The van der Waals surface area contributed by atoms with Crippen molar-refractivity contribution in [3.63, 3.8) is 0 Å². The van der Waals surface area contributed by atoms with E-state index in [1.54, 1.807) is 0 Å². The summed E-state index contributed by atoms with van der Waals surface area (Å²) in [5.41, 5.74) is 0. The van der Waals surface area contributed by atoms with Crippen molar-refractivity contribution in [3.8, 4) is 0 Å². The van der Waals surface area contributed by atoms with E-state index in [4.69, 9.17) is 0 Å². The van der Waals surface area contributed by atoms with Gasteiger partial charge in [0.25, 0.3) is 0 Å². The number of halogens is 1. The van der Waals surface area contributed by atoms with Crippen molar-refractivity contribution >= 4 is 0 Å². The van der Waals surface area contributed by atoms with Crippen LogP contribution in [0.1, 0.15) is 26.2 Å². The number of likely N-dealkylation sites (tertiary alicyclic amines) is 2. The fourth-order valence-corrected chi connectivity index (χ4v) is 2.89. The van der Waals surface area contributed by atoms with E-state index in [9.17, 15) is 4.39 Å². The molecule has 2 saturated heterocycles. The Balaban J connectivity index is 1.76. The monoisotopic (exact) mass is 228 g/mol. The van der Waals surface area contributed by atoms with Crippen molar-refractivity contribution in [2.45, 2.75) is 32.4 Å². The van der Waals surface area contributed by atoms with E-state index in [1.807, 2.05) is 7.05 Å². The third-order valence-electron chi connectivity index (χ3n) is 4.25. The highest BCUT2D eigenvalue weighted by Crippen LogP contribution is 2.23. The normalized spacial score (nSPS) is 35.4. The van der Waals surface area contributed by atoms with Crippen LogP contribution in [0.4, 0.5) is 4.39 Å². The van der Waals surface area contributed by atoms with Crippen LogP contribution in [-0.4, -0.2) is 55.7 Å². The summed E-state index contributed by atoms with van der Waals surface area (Å²) in [5.74, 6) is 1.15. The molecule has 2 nitrogen and oxygen atoms in total. The van der Waals surface area contributed by atoms with E-state index in [-0.39, 0.29) is 5.92 Å². The zero-order valence-corrected chi connectivity index (χ0v) is 10.7. The lowest BCUT2D eigenvalue weighted by Gasteiger charge is -2.37. The van der Waals surface area contributed by atoms with Crippen LogP contribution in [0.15, 0.2) is 0 Å². The summed E-state index contributed by atoms with van der Waals surface area (Å²) in [6, 6.07) is 0. The van der Waals surface area contributed by atoms with E-state index < -0.39 is 6.17 Å². The summed E-state index contributed by atoms with van der Waals surface area (Å²) in [6.45, 7) is 7.37. The maximum absolute atomic E-state index is 13.9. The molecule has 0 bridgehead atoms. The largest absolute Gasteiger partial charge is 0.303 e. The zero-order chi connectivity index (χ0) is 11.5. The first-order chi connectivity index (χ1) is 7.65. The lowest BCUT2D eigenvalue weighted by atomic mass is 9.92. The van der Waals surface area contributed by atoms with E-state index in [0.717, 1.165) is 25.4 Å². The van der Waals surface area contributed by atoms with Crippen molar-refractivity contribution < 1.29 is 4.39 Å². The summed E-state index contributed by atoms with van der Waals surface area (Å²) in [6.07, 6.45) is 3.01. The molecule has 2 aliphatic rings. The molecular weight excluding hydrogens is 203 g/mol. The Morgan fingerprint density at radius 1 is 1.12 bits per heavy atom. The van der Waals surface area contributed by atoms with Crippen molar-refractivity contribution in [2.24, 2.45) is 11.8 Å². The molecule has 0 aromatic rings. The van der Waals surface area contributed by atoms with Crippen LogP contribution in [0.2, 0.25) is 0 Å². The topological polar surface area (TPSA) is 6.48 Å². The van der Waals surface area contributed by atoms with Gasteiger partial charge in [-0.15, -0.1) is 0 Å². The first-order valence-electron chi connectivity index (χ1n) is 6.70. The second kappa shape index (κ2) is 5.46. The summed E-state index contributed by atoms with van der Waals surface area (Å²) in [5, 5.41) is 0. The van der Waals surface area contributed by atoms with Gasteiger partial charge in [-0.1, -0.05) is 6.92 Å². The molecule has 16 heavy (non-hydrogen) atoms. The van der Waals surface area contributed by atoms with Gasteiger partial charge in [-0.05, 0) is 51.9 Å². The first-order valence-corrected chi connectivity index (χ1v) is 6.70. The van der Waals surface area contributed by atoms with Gasteiger partial charge in [0, 0.05) is 19.0 Å². The fraction of sp³-hybridized carbons (Fsp3) is 1.00. The molecule has 0 radical (unpaired) electrons. The molecule has 0 N–H and O–H groups in total. The molecule has 2 rings (SSSR count). The molecule has 0 unspecified atom stereocenters. The minimum atomic E-state index is -0.613. The molecule has 2 aliphatic heterocycles. The van der Waals surface area contributed by atoms with Crippen LogP contribution in [0.3, 0.4) is 0 Å². The molecule has 0 spiro atoms. The molecule has 0 amide bonds. The van der Waals surface area contributed by atoms with E-state index in [0.29, 0.717) is 6.54 Å². The standard InChI is InChI=1S/C13H25FN2/c1-11-3-7-16(8-4-11)9-12-5-6-15(2)10-13(12)14/h11-13H,3-10H2,1-2H3/t12-,13-/m1/s1. The maximum atomic E-state index is 13.9. The van der Waals surface area contributed by atoms with Gasteiger partial charge < -0.3 is 9.80 Å². The lowest BCUT2D eigenvalue weighted by Crippen LogP contribution is -2.45. The zero-order valence-electron chi connectivity index (χ0n) is 10.7. The Labute approximate surface area is 98.8 Å². The molecule has 94 valence electrons. The third kappa shape index (κ3) is 3.17. The molecule has 0 aromatic carbocycles.